The summed E-state index contributed by atoms with van der Waals surface area (Å²) in [6.07, 6.45) is 2.46. The second-order valence-electron chi connectivity index (χ2n) is 5.75. The summed E-state index contributed by atoms with van der Waals surface area (Å²) >= 11 is 0. The molecule has 1 aliphatic rings. The zero-order chi connectivity index (χ0) is 15.5. The van der Waals surface area contributed by atoms with E-state index >= 15 is 0 Å². The maximum Gasteiger partial charge on any atom is 0.154 e. The topological polar surface area (TPSA) is 55.4 Å². The minimum atomic E-state index is -2.89. The van der Waals surface area contributed by atoms with Gasteiger partial charge in [-0.2, -0.15) is 0 Å². The summed E-state index contributed by atoms with van der Waals surface area (Å²) in [4.78, 5) is 0. The van der Waals surface area contributed by atoms with Crippen LogP contribution in [0.2, 0.25) is 0 Å². The van der Waals surface area contributed by atoms with Gasteiger partial charge in [0.05, 0.1) is 18.1 Å². The smallest absolute Gasteiger partial charge is 0.154 e. The maximum absolute atomic E-state index is 11.9. The maximum atomic E-state index is 11.9. The van der Waals surface area contributed by atoms with Crippen LogP contribution in [0.4, 0.5) is 0 Å². The zero-order valence-electron chi connectivity index (χ0n) is 13.1. The van der Waals surface area contributed by atoms with Crippen LogP contribution in [0, 0.1) is 6.92 Å². The van der Waals surface area contributed by atoms with Crippen molar-refractivity contribution in [2.75, 3.05) is 19.4 Å². The van der Waals surface area contributed by atoms with E-state index < -0.39 is 9.84 Å². The highest BCUT2D eigenvalue weighted by Gasteiger charge is 2.31. The average Bonchev–Trinajstić information content (AvgIpc) is 2.79. The molecule has 1 saturated heterocycles. The number of aryl methyl sites for hydroxylation is 1. The van der Waals surface area contributed by atoms with Gasteiger partial charge in [0.25, 0.3) is 0 Å². The van der Waals surface area contributed by atoms with Crippen molar-refractivity contribution in [1.29, 1.82) is 0 Å². The third kappa shape index (κ3) is 3.77. The molecule has 4 nitrogen and oxygen atoms in total. The number of methoxy groups -OCH3 is 1. The Morgan fingerprint density at radius 1 is 1.43 bits per heavy atom. The quantitative estimate of drug-likeness (QED) is 0.877. The van der Waals surface area contributed by atoms with E-state index in [9.17, 15) is 8.42 Å². The summed E-state index contributed by atoms with van der Waals surface area (Å²) in [5.41, 5.74) is 2.29. The molecule has 2 rings (SSSR count). The van der Waals surface area contributed by atoms with Gasteiger partial charge in [-0.05, 0) is 32.3 Å². The van der Waals surface area contributed by atoms with Gasteiger partial charge >= 0.3 is 0 Å². The first kappa shape index (κ1) is 16.3. The molecular weight excluding hydrogens is 286 g/mol. The monoisotopic (exact) mass is 311 g/mol. The molecule has 5 heteroatoms. The molecule has 0 bridgehead atoms. The first-order valence-electron chi connectivity index (χ1n) is 7.57. The summed E-state index contributed by atoms with van der Waals surface area (Å²) in [6, 6.07) is 6.23. The van der Waals surface area contributed by atoms with E-state index in [0.717, 1.165) is 30.6 Å². The minimum absolute atomic E-state index is 0.121. The molecular formula is C16H25NO3S. The molecule has 0 radical (unpaired) electrons. The molecule has 1 N–H and O–H groups in total. The van der Waals surface area contributed by atoms with Gasteiger partial charge in [-0.3, -0.25) is 0 Å². The molecule has 0 aromatic heterocycles. The number of ether oxygens (including phenoxy) is 1. The molecule has 1 aromatic rings. The van der Waals surface area contributed by atoms with Gasteiger partial charge in [-0.25, -0.2) is 8.42 Å². The molecule has 2 atom stereocenters. The van der Waals surface area contributed by atoms with Crippen LogP contribution in [-0.2, 0) is 9.84 Å². The average molecular weight is 311 g/mol. The van der Waals surface area contributed by atoms with Crippen LogP contribution in [0.5, 0.6) is 5.75 Å². The van der Waals surface area contributed by atoms with Crippen molar-refractivity contribution in [2.24, 2.45) is 0 Å². The van der Waals surface area contributed by atoms with Gasteiger partial charge in [0, 0.05) is 18.2 Å². The van der Waals surface area contributed by atoms with Crippen LogP contribution >= 0.6 is 0 Å². The molecule has 0 amide bonds. The summed E-state index contributed by atoms with van der Waals surface area (Å²) in [6.45, 7) is 4.68. The Hall–Kier alpha value is -1.07. The van der Waals surface area contributed by atoms with E-state index in [1.807, 2.05) is 12.1 Å². The van der Waals surface area contributed by atoms with Crippen molar-refractivity contribution in [2.45, 2.75) is 44.4 Å². The molecule has 21 heavy (non-hydrogen) atoms. The molecule has 1 aliphatic heterocycles. The highest BCUT2D eigenvalue weighted by molar-refractivity contribution is 7.92. The van der Waals surface area contributed by atoms with Gasteiger partial charge in [-0.1, -0.05) is 24.6 Å². The SMILES string of the molecule is CC[C@@H](NC[C@H]1CCCS1(=O)=O)c1cc(C)ccc1OC. The standard InChI is InChI=1S/C16H25NO3S/c1-4-15(14-10-12(2)7-8-16(14)20-3)17-11-13-6-5-9-21(13,18)19/h7-8,10,13,15,17H,4-6,9,11H2,1-3H3/t13-,15-/m1/s1. The number of hydrogen-bond acceptors (Lipinski definition) is 4. The van der Waals surface area contributed by atoms with E-state index in [1.54, 1.807) is 7.11 Å². The Morgan fingerprint density at radius 2 is 2.19 bits per heavy atom. The Morgan fingerprint density at radius 3 is 2.76 bits per heavy atom. The number of rotatable bonds is 6. The zero-order valence-corrected chi connectivity index (χ0v) is 13.9. The van der Waals surface area contributed by atoms with E-state index in [2.05, 4.69) is 25.2 Å². The second-order valence-corrected chi connectivity index (χ2v) is 8.15. The van der Waals surface area contributed by atoms with Crippen molar-refractivity contribution in [3.8, 4) is 5.75 Å². The number of nitrogens with one attached hydrogen (secondary N) is 1. The fraction of sp³-hybridized carbons (Fsp3) is 0.625. The van der Waals surface area contributed by atoms with E-state index in [-0.39, 0.29) is 11.3 Å². The Labute approximate surface area is 127 Å². The van der Waals surface area contributed by atoms with Crippen LogP contribution < -0.4 is 10.1 Å². The predicted molar refractivity (Wildman–Crippen MR) is 85.6 cm³/mol. The largest absolute Gasteiger partial charge is 0.496 e. The van der Waals surface area contributed by atoms with Crippen LogP contribution in [-0.4, -0.2) is 33.1 Å². The van der Waals surface area contributed by atoms with Gasteiger partial charge < -0.3 is 10.1 Å². The fourth-order valence-corrected chi connectivity index (χ4v) is 4.74. The number of sulfone groups is 1. The molecule has 0 aliphatic carbocycles. The molecule has 0 unspecified atom stereocenters. The Kier molecular flexibility index (Phi) is 5.27. The molecule has 0 saturated carbocycles. The Bertz CT molecular complexity index is 583. The molecule has 118 valence electrons. The lowest BCUT2D eigenvalue weighted by Crippen LogP contribution is -2.33. The molecule has 1 aromatic carbocycles. The summed E-state index contributed by atoms with van der Waals surface area (Å²) < 4.78 is 29.3. The number of benzene rings is 1. The Balaban J connectivity index is 2.12. The van der Waals surface area contributed by atoms with Crippen molar-refractivity contribution in [3.63, 3.8) is 0 Å². The van der Waals surface area contributed by atoms with Crippen LogP contribution in [0.3, 0.4) is 0 Å². The lowest BCUT2D eigenvalue weighted by molar-refractivity contribution is 0.396. The normalized spacial score (nSPS) is 22.1. The van der Waals surface area contributed by atoms with E-state index in [4.69, 9.17) is 4.74 Å². The first-order chi connectivity index (χ1) is 9.97. The molecule has 0 spiro atoms. The van der Waals surface area contributed by atoms with Crippen molar-refractivity contribution < 1.29 is 13.2 Å². The van der Waals surface area contributed by atoms with Gasteiger partial charge in [0.2, 0.25) is 0 Å². The summed E-state index contributed by atoms with van der Waals surface area (Å²) in [7, 11) is -1.22. The van der Waals surface area contributed by atoms with Gasteiger partial charge in [-0.15, -0.1) is 0 Å². The molecule has 1 heterocycles. The second kappa shape index (κ2) is 6.79. The third-order valence-electron chi connectivity index (χ3n) is 4.22. The predicted octanol–water partition coefficient (Wildman–Crippen LogP) is 2.62. The summed E-state index contributed by atoms with van der Waals surface area (Å²) in [5.74, 6) is 1.19. The highest BCUT2D eigenvalue weighted by atomic mass is 32.2. The van der Waals surface area contributed by atoms with Crippen molar-refractivity contribution in [1.82, 2.24) is 5.32 Å². The van der Waals surface area contributed by atoms with Crippen LogP contribution in [0.1, 0.15) is 43.4 Å². The lowest BCUT2D eigenvalue weighted by atomic mass is 10.0. The van der Waals surface area contributed by atoms with Crippen LogP contribution in [0.25, 0.3) is 0 Å². The van der Waals surface area contributed by atoms with Gasteiger partial charge in [0.15, 0.2) is 9.84 Å². The van der Waals surface area contributed by atoms with E-state index in [1.165, 1.54) is 5.56 Å². The number of hydrogen-bond donors (Lipinski definition) is 1. The van der Waals surface area contributed by atoms with Gasteiger partial charge in [0.1, 0.15) is 5.75 Å². The van der Waals surface area contributed by atoms with E-state index in [0.29, 0.717) is 12.3 Å². The fourth-order valence-electron chi connectivity index (χ4n) is 2.96. The first-order valence-corrected chi connectivity index (χ1v) is 9.29. The summed E-state index contributed by atoms with van der Waals surface area (Å²) in [5, 5.41) is 3.19. The highest BCUT2D eigenvalue weighted by Crippen LogP contribution is 2.29. The van der Waals surface area contributed by atoms with Crippen molar-refractivity contribution in [3.05, 3.63) is 29.3 Å². The van der Waals surface area contributed by atoms with Crippen molar-refractivity contribution >= 4 is 9.84 Å². The minimum Gasteiger partial charge on any atom is -0.496 e. The third-order valence-corrected chi connectivity index (χ3v) is 6.50. The molecule has 1 fully saturated rings. The lowest BCUT2D eigenvalue weighted by Gasteiger charge is -2.22. The van der Waals surface area contributed by atoms with Crippen LogP contribution in [0.15, 0.2) is 18.2 Å².